The van der Waals surface area contributed by atoms with Crippen molar-refractivity contribution in [2.45, 2.75) is 18.9 Å². The maximum absolute atomic E-state index is 12.0. The second-order valence-electron chi connectivity index (χ2n) is 4.10. The summed E-state index contributed by atoms with van der Waals surface area (Å²) in [6, 6.07) is 5.31. The number of carbonyl (C=O) groups is 1. The lowest BCUT2D eigenvalue weighted by Gasteiger charge is -2.23. The predicted octanol–water partition coefficient (Wildman–Crippen LogP) is 2.48. The second kappa shape index (κ2) is 5.71. The number of nitrogens with one attached hydrogen (secondary N) is 2. The molecule has 0 radical (unpaired) electrons. The van der Waals surface area contributed by atoms with Crippen molar-refractivity contribution < 1.29 is 4.79 Å². The van der Waals surface area contributed by atoms with Crippen molar-refractivity contribution in [3.05, 3.63) is 33.8 Å². The van der Waals surface area contributed by atoms with Gasteiger partial charge in [-0.1, -0.05) is 29.3 Å². The van der Waals surface area contributed by atoms with E-state index in [-0.39, 0.29) is 11.9 Å². The zero-order valence-corrected chi connectivity index (χ0v) is 10.8. The minimum absolute atomic E-state index is 0.149. The molecule has 0 aromatic heterocycles. The van der Waals surface area contributed by atoms with E-state index in [1.807, 2.05) is 0 Å². The van der Waals surface area contributed by atoms with E-state index in [0.29, 0.717) is 15.6 Å². The number of rotatable bonds is 2. The van der Waals surface area contributed by atoms with Crippen molar-refractivity contribution in [1.82, 2.24) is 10.6 Å². The van der Waals surface area contributed by atoms with Crippen molar-refractivity contribution in [2.24, 2.45) is 0 Å². The van der Waals surface area contributed by atoms with Crippen LogP contribution in [-0.4, -0.2) is 25.0 Å². The summed E-state index contributed by atoms with van der Waals surface area (Å²) >= 11 is 11.9. The summed E-state index contributed by atoms with van der Waals surface area (Å²) in [5.74, 6) is -0.149. The Bertz CT molecular complexity index is 417. The zero-order chi connectivity index (χ0) is 12.3. The SMILES string of the molecule is O=C(NC1CCNCC1)c1cccc(Cl)c1Cl. The molecule has 0 aliphatic carbocycles. The van der Waals surface area contributed by atoms with Gasteiger partial charge in [0.25, 0.3) is 5.91 Å². The highest BCUT2D eigenvalue weighted by Gasteiger charge is 2.18. The topological polar surface area (TPSA) is 41.1 Å². The molecule has 0 unspecified atom stereocenters. The van der Waals surface area contributed by atoms with Gasteiger partial charge < -0.3 is 10.6 Å². The number of carbonyl (C=O) groups excluding carboxylic acids is 1. The van der Waals surface area contributed by atoms with Gasteiger partial charge in [0, 0.05) is 6.04 Å². The molecular weight excluding hydrogens is 259 g/mol. The highest BCUT2D eigenvalue weighted by Crippen LogP contribution is 2.25. The normalized spacial score (nSPS) is 16.8. The van der Waals surface area contributed by atoms with E-state index in [1.54, 1.807) is 18.2 Å². The lowest BCUT2D eigenvalue weighted by Crippen LogP contribution is -2.42. The van der Waals surface area contributed by atoms with Gasteiger partial charge in [0.2, 0.25) is 0 Å². The van der Waals surface area contributed by atoms with Crippen LogP contribution in [0.1, 0.15) is 23.2 Å². The molecule has 1 aromatic rings. The third-order valence-electron chi connectivity index (χ3n) is 2.87. The summed E-state index contributed by atoms with van der Waals surface area (Å²) in [4.78, 5) is 12.0. The quantitative estimate of drug-likeness (QED) is 0.869. The summed E-state index contributed by atoms with van der Waals surface area (Å²) in [7, 11) is 0. The van der Waals surface area contributed by atoms with Crippen molar-refractivity contribution in [2.75, 3.05) is 13.1 Å². The Labute approximate surface area is 110 Å². The van der Waals surface area contributed by atoms with Crippen LogP contribution in [0.2, 0.25) is 10.0 Å². The molecule has 5 heteroatoms. The van der Waals surface area contributed by atoms with Crippen LogP contribution in [0.3, 0.4) is 0 Å². The third-order valence-corrected chi connectivity index (χ3v) is 3.69. The Morgan fingerprint density at radius 1 is 1.29 bits per heavy atom. The highest BCUT2D eigenvalue weighted by molar-refractivity contribution is 6.43. The zero-order valence-electron chi connectivity index (χ0n) is 9.30. The van der Waals surface area contributed by atoms with Gasteiger partial charge in [-0.15, -0.1) is 0 Å². The van der Waals surface area contributed by atoms with Gasteiger partial charge in [-0.3, -0.25) is 4.79 Å². The molecule has 2 N–H and O–H groups in total. The monoisotopic (exact) mass is 272 g/mol. The van der Waals surface area contributed by atoms with E-state index >= 15 is 0 Å². The molecule has 3 nitrogen and oxygen atoms in total. The van der Waals surface area contributed by atoms with E-state index in [9.17, 15) is 4.79 Å². The van der Waals surface area contributed by atoms with E-state index in [2.05, 4.69) is 10.6 Å². The van der Waals surface area contributed by atoms with Crippen LogP contribution in [0.25, 0.3) is 0 Å². The van der Waals surface area contributed by atoms with Gasteiger partial charge in [-0.05, 0) is 38.1 Å². The van der Waals surface area contributed by atoms with E-state index in [0.717, 1.165) is 25.9 Å². The maximum atomic E-state index is 12.0. The van der Waals surface area contributed by atoms with Crippen molar-refractivity contribution in [3.8, 4) is 0 Å². The Balaban J connectivity index is 2.06. The first-order valence-electron chi connectivity index (χ1n) is 5.64. The Morgan fingerprint density at radius 3 is 2.71 bits per heavy atom. The number of amides is 1. The van der Waals surface area contributed by atoms with Crippen LogP contribution in [0, 0.1) is 0 Å². The molecule has 0 bridgehead atoms. The van der Waals surface area contributed by atoms with Gasteiger partial charge in [0.05, 0.1) is 15.6 Å². The van der Waals surface area contributed by atoms with Gasteiger partial charge in [0.1, 0.15) is 0 Å². The van der Waals surface area contributed by atoms with Crippen LogP contribution in [0.5, 0.6) is 0 Å². The van der Waals surface area contributed by atoms with Gasteiger partial charge in [-0.25, -0.2) is 0 Å². The smallest absolute Gasteiger partial charge is 0.253 e. The van der Waals surface area contributed by atoms with Crippen LogP contribution in [0.15, 0.2) is 18.2 Å². The number of piperidine rings is 1. The first-order chi connectivity index (χ1) is 8.18. The number of hydrogen-bond donors (Lipinski definition) is 2. The first kappa shape index (κ1) is 12.7. The first-order valence-corrected chi connectivity index (χ1v) is 6.39. The molecule has 1 fully saturated rings. The molecule has 1 aliphatic rings. The largest absolute Gasteiger partial charge is 0.349 e. The minimum atomic E-state index is -0.149. The molecule has 2 rings (SSSR count). The molecule has 0 saturated carbocycles. The molecule has 92 valence electrons. The fourth-order valence-electron chi connectivity index (χ4n) is 1.91. The van der Waals surface area contributed by atoms with Crippen molar-refractivity contribution in [3.63, 3.8) is 0 Å². The molecule has 1 saturated heterocycles. The van der Waals surface area contributed by atoms with E-state index in [1.165, 1.54) is 0 Å². The second-order valence-corrected chi connectivity index (χ2v) is 4.88. The van der Waals surface area contributed by atoms with Crippen LogP contribution in [0.4, 0.5) is 0 Å². The average Bonchev–Trinajstić information content (AvgIpc) is 2.34. The summed E-state index contributed by atoms with van der Waals surface area (Å²) in [6.07, 6.45) is 1.90. The molecular formula is C12H14Cl2N2O. The molecule has 1 aromatic carbocycles. The minimum Gasteiger partial charge on any atom is -0.349 e. The standard InChI is InChI=1S/C12H14Cl2N2O/c13-10-3-1-2-9(11(10)14)12(17)16-8-4-6-15-7-5-8/h1-3,8,15H,4-7H2,(H,16,17). The number of halogens is 2. The Hall–Kier alpha value is -0.770. The van der Waals surface area contributed by atoms with Crippen molar-refractivity contribution >= 4 is 29.1 Å². The van der Waals surface area contributed by atoms with Gasteiger partial charge >= 0.3 is 0 Å². The molecule has 17 heavy (non-hydrogen) atoms. The molecule has 1 amide bonds. The molecule has 1 aliphatic heterocycles. The van der Waals surface area contributed by atoms with Crippen LogP contribution < -0.4 is 10.6 Å². The maximum Gasteiger partial charge on any atom is 0.253 e. The summed E-state index contributed by atoms with van der Waals surface area (Å²) < 4.78 is 0. The van der Waals surface area contributed by atoms with Crippen LogP contribution >= 0.6 is 23.2 Å². The van der Waals surface area contributed by atoms with E-state index < -0.39 is 0 Å². The molecule has 0 spiro atoms. The van der Waals surface area contributed by atoms with E-state index in [4.69, 9.17) is 23.2 Å². The average molecular weight is 273 g/mol. The summed E-state index contributed by atoms with van der Waals surface area (Å²) in [5, 5.41) is 6.96. The lowest BCUT2D eigenvalue weighted by molar-refractivity contribution is 0.0929. The lowest BCUT2D eigenvalue weighted by atomic mass is 10.1. The van der Waals surface area contributed by atoms with Gasteiger partial charge in [0.15, 0.2) is 0 Å². The van der Waals surface area contributed by atoms with Crippen LogP contribution in [-0.2, 0) is 0 Å². The molecule has 0 atom stereocenters. The number of benzene rings is 1. The summed E-state index contributed by atoms with van der Waals surface area (Å²) in [6.45, 7) is 1.88. The molecule has 1 heterocycles. The third kappa shape index (κ3) is 3.12. The number of hydrogen-bond acceptors (Lipinski definition) is 2. The van der Waals surface area contributed by atoms with Crippen molar-refractivity contribution in [1.29, 1.82) is 0 Å². The van der Waals surface area contributed by atoms with Gasteiger partial charge in [-0.2, -0.15) is 0 Å². The predicted molar refractivity (Wildman–Crippen MR) is 69.8 cm³/mol. The highest BCUT2D eigenvalue weighted by atomic mass is 35.5. The summed E-state index contributed by atoms with van der Waals surface area (Å²) in [5.41, 5.74) is 0.442. The Morgan fingerprint density at radius 2 is 2.00 bits per heavy atom. The Kier molecular flexibility index (Phi) is 4.26. The fraction of sp³-hybridized carbons (Fsp3) is 0.417. The fourth-order valence-corrected chi connectivity index (χ4v) is 2.29.